The minimum atomic E-state index is -4.30. The second-order valence-corrected chi connectivity index (χ2v) is 20.4. The molecule has 1 aliphatic rings. The highest BCUT2D eigenvalue weighted by Crippen LogP contribution is 2.37. The highest BCUT2D eigenvalue weighted by molar-refractivity contribution is 7.89. The van der Waals surface area contributed by atoms with Gasteiger partial charge in [-0.15, -0.1) is 0 Å². The van der Waals surface area contributed by atoms with Crippen LogP contribution in [-0.2, 0) is 25.7 Å². The van der Waals surface area contributed by atoms with Crippen LogP contribution in [0.15, 0.2) is 53.4 Å². The number of hydroxylamine groups is 1. The molecule has 1 amide bonds. The number of aliphatic hydroxyl groups is 1. The van der Waals surface area contributed by atoms with Crippen LogP contribution in [-0.4, -0.2) is 64.5 Å². The number of carbonyl (C=O) groups excluding carboxylic acids is 1. The van der Waals surface area contributed by atoms with Gasteiger partial charge in [0.2, 0.25) is 6.79 Å². The Morgan fingerprint density at radius 1 is 1.05 bits per heavy atom. The van der Waals surface area contributed by atoms with Gasteiger partial charge >= 0.3 is 6.09 Å². The molecule has 44 heavy (non-hydrogen) atoms. The fraction of sp³-hybridized carbons (Fsp3) is 0.594. The molecule has 0 aromatic heterocycles. The number of hydrogen-bond donors (Lipinski definition) is 2. The number of nitrogens with one attached hydrogen (secondary N) is 1. The summed E-state index contributed by atoms with van der Waals surface area (Å²) in [5, 5.41) is 13.2. The molecule has 1 aliphatic heterocycles. The van der Waals surface area contributed by atoms with Crippen LogP contribution in [0.25, 0.3) is 0 Å². The number of aliphatic hydroxyl groups excluding tert-OH is 1. The predicted octanol–water partition coefficient (Wildman–Crippen LogP) is 6.26. The largest absolute Gasteiger partial charge is 0.454 e. The van der Waals surface area contributed by atoms with E-state index in [1.807, 2.05) is 44.2 Å². The fourth-order valence-corrected chi connectivity index (χ4v) is 6.98. The average Bonchev–Trinajstić information content (AvgIpc) is 3.40. The molecular formula is C32H50N2O8SSi. The summed E-state index contributed by atoms with van der Waals surface area (Å²) in [6.45, 7) is 17.1. The van der Waals surface area contributed by atoms with Crippen LogP contribution in [0.3, 0.4) is 0 Å². The van der Waals surface area contributed by atoms with Gasteiger partial charge < -0.3 is 29.2 Å². The Morgan fingerprint density at radius 2 is 1.70 bits per heavy atom. The maximum Gasteiger partial charge on any atom is 0.427 e. The molecule has 0 spiro atoms. The third-order valence-corrected chi connectivity index (χ3v) is 14.5. The van der Waals surface area contributed by atoms with Crippen LogP contribution >= 0.6 is 0 Å². The van der Waals surface area contributed by atoms with E-state index in [0.717, 1.165) is 22.9 Å². The first kappa shape index (κ1) is 35.8. The fourth-order valence-electron chi connectivity index (χ4n) is 4.48. The standard InChI is InChI=1S/C32H50N2O8SSi/c1-24(35)27(20-25-14-10-9-11-15-25)33-30(36)42-34(43(37,38)26-16-17-28-29(21-26)40-23-39-28)22-32(5,6)18-12-13-19-41-44(7,8)31(2,3)4/h9-11,14-17,21,24,27,35H,12-13,18-20,22-23H2,1-8H3,(H,33,36). The van der Waals surface area contributed by atoms with Crippen LogP contribution in [0.1, 0.15) is 66.4 Å². The second kappa shape index (κ2) is 14.6. The lowest BCUT2D eigenvalue weighted by atomic mass is 9.87. The maximum atomic E-state index is 13.9. The van der Waals surface area contributed by atoms with E-state index in [1.165, 1.54) is 18.2 Å². The minimum Gasteiger partial charge on any atom is -0.454 e. The van der Waals surface area contributed by atoms with E-state index in [1.54, 1.807) is 6.92 Å². The number of rotatable bonds is 15. The summed E-state index contributed by atoms with van der Waals surface area (Å²) in [6, 6.07) is 13.0. The Hall–Kier alpha value is -2.64. The number of unbranched alkanes of at least 4 members (excludes halogenated alkanes) is 1. The van der Waals surface area contributed by atoms with E-state index in [4.69, 9.17) is 18.7 Å². The monoisotopic (exact) mass is 650 g/mol. The zero-order valence-corrected chi connectivity index (χ0v) is 29.2. The van der Waals surface area contributed by atoms with Crippen molar-refractivity contribution in [3.8, 4) is 11.5 Å². The number of sulfonamides is 1. The van der Waals surface area contributed by atoms with Gasteiger partial charge in [0.05, 0.1) is 23.6 Å². The molecular weight excluding hydrogens is 601 g/mol. The van der Waals surface area contributed by atoms with Crippen LogP contribution in [0.2, 0.25) is 18.1 Å². The Bertz CT molecular complexity index is 1340. The zero-order valence-electron chi connectivity index (χ0n) is 27.4. The van der Waals surface area contributed by atoms with Crippen molar-refractivity contribution in [1.82, 2.24) is 9.79 Å². The molecule has 12 heteroatoms. The van der Waals surface area contributed by atoms with E-state index in [0.29, 0.717) is 30.9 Å². The molecule has 0 saturated carbocycles. The number of hydrogen-bond acceptors (Lipinski definition) is 8. The highest BCUT2D eigenvalue weighted by Gasteiger charge is 2.38. The van der Waals surface area contributed by atoms with Crippen molar-refractivity contribution in [3.63, 3.8) is 0 Å². The van der Waals surface area contributed by atoms with Crippen molar-refractivity contribution in [3.05, 3.63) is 54.1 Å². The van der Waals surface area contributed by atoms with E-state index >= 15 is 0 Å². The van der Waals surface area contributed by atoms with Crippen LogP contribution in [0.5, 0.6) is 11.5 Å². The molecule has 0 aliphatic carbocycles. The Morgan fingerprint density at radius 3 is 2.34 bits per heavy atom. The molecule has 0 bridgehead atoms. The summed E-state index contributed by atoms with van der Waals surface area (Å²) in [5.74, 6) is 0.739. The van der Waals surface area contributed by atoms with Gasteiger partial charge in [-0.3, -0.25) is 0 Å². The van der Waals surface area contributed by atoms with E-state index < -0.39 is 42.0 Å². The SMILES string of the molecule is CC(O)C(Cc1ccccc1)NC(=O)ON(CC(C)(C)CCCCO[Si](C)(C)C(C)(C)C)S(=O)(=O)c1ccc2c(c1)OCO2. The molecule has 0 fully saturated rings. The quantitative estimate of drug-likeness (QED) is 0.132. The summed E-state index contributed by atoms with van der Waals surface area (Å²) in [6.07, 6.45) is 0.775. The topological polar surface area (TPSA) is 124 Å². The molecule has 0 saturated heterocycles. The van der Waals surface area contributed by atoms with Gasteiger partial charge in [-0.25, -0.2) is 13.2 Å². The third-order valence-electron chi connectivity index (χ3n) is 8.35. The van der Waals surface area contributed by atoms with E-state index in [9.17, 15) is 18.3 Å². The summed E-state index contributed by atoms with van der Waals surface area (Å²) >= 11 is 0. The Balaban J connectivity index is 1.74. The van der Waals surface area contributed by atoms with Gasteiger partial charge in [-0.05, 0) is 71.9 Å². The molecule has 2 aromatic rings. The smallest absolute Gasteiger partial charge is 0.427 e. The maximum absolute atomic E-state index is 13.9. The molecule has 2 aromatic carbocycles. The first-order valence-corrected chi connectivity index (χ1v) is 19.5. The normalized spacial score (nSPS) is 15.2. The molecule has 10 nitrogen and oxygen atoms in total. The van der Waals surface area contributed by atoms with Crippen LogP contribution in [0.4, 0.5) is 4.79 Å². The van der Waals surface area contributed by atoms with E-state index in [-0.39, 0.29) is 23.3 Å². The first-order valence-electron chi connectivity index (χ1n) is 15.2. The van der Waals surface area contributed by atoms with Crippen molar-refractivity contribution < 1.29 is 37.1 Å². The van der Waals surface area contributed by atoms with Gasteiger partial charge in [0.15, 0.2) is 19.8 Å². The van der Waals surface area contributed by atoms with Crippen LogP contribution in [0, 0.1) is 5.41 Å². The molecule has 1 heterocycles. The summed E-state index contributed by atoms with van der Waals surface area (Å²) in [5.41, 5.74) is 0.358. The van der Waals surface area contributed by atoms with Crippen molar-refractivity contribution in [1.29, 1.82) is 0 Å². The number of carbonyl (C=O) groups is 1. The zero-order chi connectivity index (χ0) is 32.8. The first-order chi connectivity index (χ1) is 20.4. The summed E-state index contributed by atoms with van der Waals surface area (Å²) in [7, 11) is -6.15. The van der Waals surface area contributed by atoms with Crippen molar-refractivity contribution in [2.45, 2.75) is 102 Å². The number of fused-ring (bicyclic) bond motifs is 1. The number of amides is 1. The lowest BCUT2D eigenvalue weighted by Gasteiger charge is -2.36. The number of nitrogens with zero attached hydrogens (tertiary/aromatic N) is 1. The summed E-state index contributed by atoms with van der Waals surface area (Å²) < 4.78 is 45.6. The lowest BCUT2D eigenvalue weighted by molar-refractivity contribution is -0.0474. The number of ether oxygens (including phenoxy) is 2. The van der Waals surface area contributed by atoms with Crippen molar-refractivity contribution >= 4 is 24.4 Å². The Kier molecular flexibility index (Phi) is 11.9. The number of benzene rings is 2. The Labute approximate surface area is 264 Å². The molecule has 2 atom stereocenters. The van der Waals surface area contributed by atoms with Gasteiger partial charge in [0, 0.05) is 12.7 Å². The van der Waals surface area contributed by atoms with Gasteiger partial charge in [-0.2, -0.15) is 0 Å². The minimum absolute atomic E-state index is 0.00420. The van der Waals surface area contributed by atoms with Crippen LogP contribution < -0.4 is 14.8 Å². The predicted molar refractivity (Wildman–Crippen MR) is 172 cm³/mol. The average molecular weight is 651 g/mol. The lowest BCUT2D eigenvalue weighted by Crippen LogP contribution is -2.48. The third kappa shape index (κ3) is 9.93. The molecule has 2 unspecified atom stereocenters. The van der Waals surface area contributed by atoms with Gasteiger partial charge in [-0.1, -0.05) is 71.4 Å². The summed E-state index contributed by atoms with van der Waals surface area (Å²) in [4.78, 5) is 18.6. The highest BCUT2D eigenvalue weighted by atomic mass is 32.2. The van der Waals surface area contributed by atoms with Gasteiger partial charge in [0.1, 0.15) is 0 Å². The molecule has 3 rings (SSSR count). The van der Waals surface area contributed by atoms with Crippen molar-refractivity contribution in [2.24, 2.45) is 5.41 Å². The van der Waals surface area contributed by atoms with E-state index in [2.05, 4.69) is 39.2 Å². The molecule has 246 valence electrons. The van der Waals surface area contributed by atoms with Crippen molar-refractivity contribution in [2.75, 3.05) is 19.9 Å². The van der Waals surface area contributed by atoms with Gasteiger partial charge in [0.25, 0.3) is 10.0 Å². The molecule has 2 N–H and O–H groups in total. The second-order valence-electron chi connectivity index (χ2n) is 13.8. The molecule has 0 radical (unpaired) electrons.